The first kappa shape index (κ1) is 21.8. The minimum absolute atomic E-state index is 0.0192. The molecule has 6 heteroatoms. The number of hydrogen-bond donors (Lipinski definition) is 1. The molecule has 0 unspecified atom stereocenters. The number of nitrogens with one attached hydrogen (secondary N) is 1. The predicted molar refractivity (Wildman–Crippen MR) is 119 cm³/mol. The molecule has 0 aromatic heterocycles. The van der Waals surface area contributed by atoms with E-state index in [-0.39, 0.29) is 17.9 Å². The molecule has 30 heavy (non-hydrogen) atoms. The molecule has 2 aromatic rings. The lowest BCUT2D eigenvalue weighted by Gasteiger charge is -2.34. The van der Waals surface area contributed by atoms with Crippen LogP contribution >= 0.6 is 0 Å². The van der Waals surface area contributed by atoms with Crippen molar-refractivity contribution in [2.75, 3.05) is 38.0 Å². The van der Waals surface area contributed by atoms with E-state index in [0.717, 1.165) is 22.6 Å². The Labute approximate surface area is 178 Å². The molecule has 6 nitrogen and oxygen atoms in total. The molecule has 1 N–H and O–H groups in total. The highest BCUT2D eigenvalue weighted by Crippen LogP contribution is 2.20. The van der Waals surface area contributed by atoms with Crippen molar-refractivity contribution in [2.24, 2.45) is 0 Å². The molecule has 3 rings (SSSR count). The minimum Gasteiger partial charge on any atom is -0.491 e. The molecule has 160 valence electrons. The topological polar surface area (TPSA) is 61.9 Å². The molecule has 0 spiro atoms. The lowest BCUT2D eigenvalue weighted by Crippen LogP contribution is -2.50. The van der Waals surface area contributed by atoms with Crippen LogP contribution in [0.25, 0.3) is 0 Å². The standard InChI is InChI=1S/C24H31N3O3/c1-17(2)30-21-10-8-20(9-11-21)24(29)27-14-12-26(13-15-27)16-22(28)25-23-18(3)6-5-7-19(23)4/h5-11,17H,12-16H2,1-4H3,(H,25,28). The average molecular weight is 410 g/mol. The summed E-state index contributed by atoms with van der Waals surface area (Å²) < 4.78 is 5.63. The Hall–Kier alpha value is -2.86. The quantitative estimate of drug-likeness (QED) is 0.793. The number of ether oxygens (including phenoxy) is 1. The maximum Gasteiger partial charge on any atom is 0.253 e. The second-order valence-electron chi connectivity index (χ2n) is 8.07. The average Bonchev–Trinajstić information content (AvgIpc) is 2.71. The molecule has 1 aliphatic heterocycles. The zero-order valence-corrected chi connectivity index (χ0v) is 18.3. The van der Waals surface area contributed by atoms with Crippen molar-refractivity contribution in [1.29, 1.82) is 0 Å². The Bertz CT molecular complexity index is 865. The van der Waals surface area contributed by atoms with E-state index in [0.29, 0.717) is 38.3 Å². The molecule has 1 aliphatic rings. The summed E-state index contributed by atoms with van der Waals surface area (Å²) in [6.07, 6.45) is 0.103. The van der Waals surface area contributed by atoms with Gasteiger partial charge in [0.15, 0.2) is 0 Å². The fourth-order valence-electron chi connectivity index (χ4n) is 3.63. The molecular formula is C24H31N3O3. The van der Waals surface area contributed by atoms with Crippen LogP contribution in [0.15, 0.2) is 42.5 Å². The van der Waals surface area contributed by atoms with Gasteiger partial charge in [0.05, 0.1) is 12.6 Å². The predicted octanol–water partition coefficient (Wildman–Crippen LogP) is 3.49. The first-order valence-corrected chi connectivity index (χ1v) is 10.5. The molecule has 1 saturated heterocycles. The normalized spacial score (nSPS) is 14.6. The van der Waals surface area contributed by atoms with Gasteiger partial charge >= 0.3 is 0 Å². The third kappa shape index (κ3) is 5.60. The Balaban J connectivity index is 1.49. The second-order valence-corrected chi connectivity index (χ2v) is 8.07. The van der Waals surface area contributed by atoms with E-state index in [1.807, 2.05) is 75.1 Å². The van der Waals surface area contributed by atoms with Crippen LogP contribution in [-0.4, -0.2) is 60.4 Å². The molecule has 0 radical (unpaired) electrons. The number of rotatable bonds is 6. The lowest BCUT2D eigenvalue weighted by atomic mass is 10.1. The van der Waals surface area contributed by atoms with Crippen LogP contribution < -0.4 is 10.1 Å². The fraction of sp³-hybridized carbons (Fsp3) is 0.417. The van der Waals surface area contributed by atoms with Crippen LogP contribution in [0.3, 0.4) is 0 Å². The van der Waals surface area contributed by atoms with Crippen LogP contribution in [0.4, 0.5) is 5.69 Å². The SMILES string of the molecule is Cc1cccc(C)c1NC(=O)CN1CCN(C(=O)c2ccc(OC(C)C)cc2)CC1. The monoisotopic (exact) mass is 409 g/mol. The number of anilines is 1. The van der Waals surface area contributed by atoms with E-state index < -0.39 is 0 Å². The number of amides is 2. The van der Waals surface area contributed by atoms with E-state index in [1.165, 1.54) is 0 Å². The minimum atomic E-state index is -0.0204. The van der Waals surface area contributed by atoms with Gasteiger partial charge in [-0.25, -0.2) is 0 Å². The van der Waals surface area contributed by atoms with Crippen LogP contribution in [0.1, 0.15) is 35.3 Å². The Morgan fingerprint density at radius 1 is 0.967 bits per heavy atom. The van der Waals surface area contributed by atoms with Crippen molar-refractivity contribution < 1.29 is 14.3 Å². The van der Waals surface area contributed by atoms with E-state index >= 15 is 0 Å². The van der Waals surface area contributed by atoms with Crippen LogP contribution in [0.2, 0.25) is 0 Å². The van der Waals surface area contributed by atoms with Gasteiger partial charge in [0, 0.05) is 37.4 Å². The van der Waals surface area contributed by atoms with E-state index in [1.54, 1.807) is 0 Å². The third-order valence-corrected chi connectivity index (χ3v) is 5.25. The van der Waals surface area contributed by atoms with E-state index in [4.69, 9.17) is 4.74 Å². The summed E-state index contributed by atoms with van der Waals surface area (Å²) in [5.74, 6) is 0.764. The van der Waals surface area contributed by atoms with Crippen LogP contribution in [0.5, 0.6) is 5.75 Å². The van der Waals surface area contributed by atoms with Crippen molar-refractivity contribution >= 4 is 17.5 Å². The summed E-state index contributed by atoms with van der Waals surface area (Å²) in [6.45, 7) is 10.8. The molecular weight excluding hydrogens is 378 g/mol. The van der Waals surface area contributed by atoms with Gasteiger partial charge in [-0.1, -0.05) is 18.2 Å². The van der Waals surface area contributed by atoms with Gasteiger partial charge in [0.2, 0.25) is 5.91 Å². The maximum atomic E-state index is 12.8. The van der Waals surface area contributed by atoms with Gasteiger partial charge in [-0.15, -0.1) is 0 Å². The highest BCUT2D eigenvalue weighted by molar-refractivity contribution is 5.95. The van der Waals surface area contributed by atoms with E-state index in [9.17, 15) is 9.59 Å². The number of para-hydroxylation sites is 1. The summed E-state index contributed by atoms with van der Waals surface area (Å²) in [5, 5.41) is 3.03. The van der Waals surface area contributed by atoms with Gasteiger partial charge in [0.1, 0.15) is 5.75 Å². The Morgan fingerprint density at radius 2 is 1.57 bits per heavy atom. The van der Waals surface area contributed by atoms with Crippen molar-refractivity contribution in [2.45, 2.75) is 33.8 Å². The van der Waals surface area contributed by atoms with Crippen LogP contribution in [0, 0.1) is 13.8 Å². The van der Waals surface area contributed by atoms with Gasteiger partial charge in [0.25, 0.3) is 5.91 Å². The zero-order chi connectivity index (χ0) is 21.7. The van der Waals surface area contributed by atoms with Crippen molar-refractivity contribution in [3.63, 3.8) is 0 Å². The summed E-state index contributed by atoms with van der Waals surface area (Å²) in [7, 11) is 0. The molecule has 1 heterocycles. The van der Waals surface area contributed by atoms with Crippen molar-refractivity contribution in [3.8, 4) is 5.75 Å². The first-order chi connectivity index (χ1) is 14.3. The van der Waals surface area contributed by atoms with Gasteiger partial charge in [-0.05, 0) is 63.1 Å². The van der Waals surface area contributed by atoms with Crippen molar-refractivity contribution in [1.82, 2.24) is 9.80 Å². The van der Waals surface area contributed by atoms with Gasteiger partial charge in [-0.2, -0.15) is 0 Å². The summed E-state index contributed by atoms with van der Waals surface area (Å²) in [5.41, 5.74) is 3.67. The molecule has 1 fully saturated rings. The lowest BCUT2D eigenvalue weighted by molar-refractivity contribution is -0.117. The number of hydrogen-bond acceptors (Lipinski definition) is 4. The van der Waals surface area contributed by atoms with Gasteiger partial charge in [-0.3, -0.25) is 14.5 Å². The third-order valence-electron chi connectivity index (χ3n) is 5.25. The summed E-state index contributed by atoms with van der Waals surface area (Å²) in [6, 6.07) is 13.3. The summed E-state index contributed by atoms with van der Waals surface area (Å²) >= 11 is 0. The number of carbonyl (C=O) groups excluding carboxylic acids is 2. The van der Waals surface area contributed by atoms with Crippen molar-refractivity contribution in [3.05, 3.63) is 59.2 Å². The molecule has 0 atom stereocenters. The maximum absolute atomic E-state index is 12.8. The zero-order valence-electron chi connectivity index (χ0n) is 18.3. The number of benzene rings is 2. The van der Waals surface area contributed by atoms with Crippen LogP contribution in [-0.2, 0) is 4.79 Å². The number of nitrogens with zero attached hydrogens (tertiary/aromatic N) is 2. The molecule has 0 saturated carbocycles. The second kappa shape index (κ2) is 9.76. The molecule has 0 aliphatic carbocycles. The Morgan fingerprint density at radius 3 is 2.13 bits per heavy atom. The molecule has 2 aromatic carbocycles. The number of aryl methyl sites for hydroxylation is 2. The number of carbonyl (C=O) groups is 2. The molecule has 2 amide bonds. The van der Waals surface area contributed by atoms with E-state index in [2.05, 4.69) is 10.2 Å². The highest BCUT2D eigenvalue weighted by atomic mass is 16.5. The Kier molecular flexibility index (Phi) is 7.11. The smallest absolute Gasteiger partial charge is 0.253 e. The molecule has 0 bridgehead atoms. The first-order valence-electron chi connectivity index (χ1n) is 10.5. The van der Waals surface area contributed by atoms with Gasteiger partial charge < -0.3 is 15.0 Å². The fourth-order valence-corrected chi connectivity index (χ4v) is 3.63. The summed E-state index contributed by atoms with van der Waals surface area (Å²) in [4.78, 5) is 29.2. The highest BCUT2D eigenvalue weighted by Gasteiger charge is 2.23. The number of piperazine rings is 1. The largest absolute Gasteiger partial charge is 0.491 e.